The number of aromatic nitrogens is 2. The molecular weight excluding hydrogens is 310 g/mol. The zero-order valence-electron chi connectivity index (χ0n) is 13.0. The van der Waals surface area contributed by atoms with Gasteiger partial charge in [-0.15, -0.1) is 11.3 Å². The van der Waals surface area contributed by atoms with Crippen LogP contribution in [0.25, 0.3) is 11.3 Å². The average Bonchev–Trinajstić information content (AvgIpc) is 3.14. The predicted octanol–water partition coefficient (Wildman–Crippen LogP) is 4.35. The van der Waals surface area contributed by atoms with Gasteiger partial charge in [-0.1, -0.05) is 23.4 Å². The fourth-order valence-electron chi connectivity index (χ4n) is 2.94. The molecule has 0 amide bonds. The van der Waals surface area contributed by atoms with Crippen molar-refractivity contribution in [3.05, 3.63) is 46.7 Å². The maximum Gasteiger partial charge on any atom is 0.183 e. The molecule has 118 valence electrons. The molecule has 4 rings (SSSR count). The van der Waals surface area contributed by atoms with Crippen molar-refractivity contribution < 1.29 is 9.26 Å². The van der Waals surface area contributed by atoms with E-state index in [-0.39, 0.29) is 6.04 Å². The van der Waals surface area contributed by atoms with Gasteiger partial charge in [-0.2, -0.15) is 0 Å². The number of hydrogen-bond acceptors (Lipinski definition) is 6. The highest BCUT2D eigenvalue weighted by molar-refractivity contribution is 7.14. The van der Waals surface area contributed by atoms with Gasteiger partial charge in [0.25, 0.3) is 0 Å². The number of hydrogen-bond donors (Lipinski definition) is 1. The van der Waals surface area contributed by atoms with Crippen LogP contribution < -0.4 is 10.1 Å². The van der Waals surface area contributed by atoms with Gasteiger partial charge in [0.15, 0.2) is 5.13 Å². The Hall–Kier alpha value is -2.34. The summed E-state index contributed by atoms with van der Waals surface area (Å²) in [7, 11) is 0. The van der Waals surface area contributed by atoms with Crippen molar-refractivity contribution in [1.29, 1.82) is 0 Å². The molecule has 0 fully saturated rings. The molecule has 0 radical (unpaired) electrons. The summed E-state index contributed by atoms with van der Waals surface area (Å²) in [6.07, 6.45) is 0.928. The molecule has 6 heteroatoms. The quantitative estimate of drug-likeness (QED) is 0.775. The minimum absolute atomic E-state index is 0.226. The van der Waals surface area contributed by atoms with Crippen LogP contribution in [0.2, 0.25) is 0 Å². The van der Waals surface area contributed by atoms with Crippen LogP contribution >= 0.6 is 11.3 Å². The lowest BCUT2D eigenvalue weighted by Crippen LogP contribution is -2.20. The highest BCUT2D eigenvalue weighted by Gasteiger charge is 2.22. The molecule has 0 saturated carbocycles. The monoisotopic (exact) mass is 327 g/mol. The summed E-state index contributed by atoms with van der Waals surface area (Å²) in [5.74, 6) is 1.76. The number of nitrogens with zero attached hydrogens (tertiary/aromatic N) is 2. The lowest BCUT2D eigenvalue weighted by molar-refractivity contribution is 0.274. The predicted molar refractivity (Wildman–Crippen MR) is 90.0 cm³/mol. The molecule has 1 aliphatic rings. The number of aryl methyl sites for hydroxylation is 2. The molecular formula is C17H17N3O2S. The lowest BCUT2D eigenvalue weighted by Gasteiger charge is -2.26. The molecule has 3 aromatic rings. The van der Waals surface area contributed by atoms with Crippen LogP contribution in [0.1, 0.15) is 29.5 Å². The van der Waals surface area contributed by atoms with Crippen LogP contribution in [0.4, 0.5) is 5.13 Å². The molecule has 3 heterocycles. The number of fused-ring (bicyclic) bond motifs is 1. The molecule has 2 aromatic heterocycles. The third kappa shape index (κ3) is 2.59. The van der Waals surface area contributed by atoms with Crippen molar-refractivity contribution in [2.75, 3.05) is 11.9 Å². The number of ether oxygens (including phenoxy) is 1. The first-order valence-electron chi connectivity index (χ1n) is 7.59. The molecule has 1 aliphatic heterocycles. The standard InChI is InChI=1S/C17H17N3O2S/c1-10-16(11(2)22-20-10)14-9-23-17(19-14)18-13-7-8-21-15-6-4-3-5-12(13)15/h3-6,9,13H,7-8H2,1-2H3,(H,18,19)/t13-/m1/s1. The van der Waals surface area contributed by atoms with E-state index in [2.05, 4.69) is 16.5 Å². The number of anilines is 1. The third-order valence-electron chi connectivity index (χ3n) is 4.05. The Labute approximate surface area is 138 Å². The van der Waals surface area contributed by atoms with E-state index < -0.39 is 0 Å². The molecule has 0 spiro atoms. The van der Waals surface area contributed by atoms with Crippen LogP contribution in [0, 0.1) is 13.8 Å². The summed E-state index contributed by atoms with van der Waals surface area (Å²) in [5, 5.41) is 10.5. The lowest BCUT2D eigenvalue weighted by atomic mass is 10.0. The highest BCUT2D eigenvalue weighted by atomic mass is 32.1. The van der Waals surface area contributed by atoms with Gasteiger partial charge in [0.1, 0.15) is 11.5 Å². The molecule has 0 bridgehead atoms. The van der Waals surface area contributed by atoms with E-state index >= 15 is 0 Å². The van der Waals surface area contributed by atoms with Gasteiger partial charge in [-0.3, -0.25) is 0 Å². The molecule has 23 heavy (non-hydrogen) atoms. The number of benzene rings is 1. The summed E-state index contributed by atoms with van der Waals surface area (Å²) in [6.45, 7) is 4.57. The normalized spacial score (nSPS) is 16.7. The number of para-hydroxylation sites is 1. The third-order valence-corrected chi connectivity index (χ3v) is 4.82. The van der Waals surface area contributed by atoms with Crippen molar-refractivity contribution in [2.24, 2.45) is 0 Å². The van der Waals surface area contributed by atoms with E-state index in [1.54, 1.807) is 11.3 Å². The average molecular weight is 327 g/mol. The Morgan fingerprint density at radius 3 is 2.96 bits per heavy atom. The van der Waals surface area contributed by atoms with Gasteiger partial charge in [0.05, 0.1) is 29.6 Å². The van der Waals surface area contributed by atoms with E-state index in [1.807, 2.05) is 37.4 Å². The molecule has 0 unspecified atom stereocenters. The zero-order chi connectivity index (χ0) is 15.8. The second-order valence-corrected chi connectivity index (χ2v) is 6.47. The van der Waals surface area contributed by atoms with Crippen LogP contribution in [0.3, 0.4) is 0 Å². The molecule has 1 aromatic carbocycles. The summed E-state index contributed by atoms with van der Waals surface area (Å²) in [6, 6.07) is 8.39. The molecule has 0 aliphatic carbocycles. The van der Waals surface area contributed by atoms with E-state index in [0.717, 1.165) is 46.6 Å². The molecule has 0 saturated heterocycles. The SMILES string of the molecule is Cc1noc(C)c1-c1csc(N[C@@H]2CCOc3ccccc32)n1. The van der Waals surface area contributed by atoms with Crippen LogP contribution in [0.5, 0.6) is 5.75 Å². The van der Waals surface area contributed by atoms with E-state index in [1.165, 1.54) is 5.56 Å². The first kappa shape index (κ1) is 14.3. The van der Waals surface area contributed by atoms with E-state index in [4.69, 9.17) is 14.2 Å². The highest BCUT2D eigenvalue weighted by Crippen LogP contribution is 2.36. The second-order valence-electron chi connectivity index (χ2n) is 5.61. The van der Waals surface area contributed by atoms with Crippen molar-refractivity contribution in [1.82, 2.24) is 10.1 Å². The Morgan fingerprint density at radius 2 is 2.13 bits per heavy atom. The van der Waals surface area contributed by atoms with E-state index in [0.29, 0.717) is 0 Å². The zero-order valence-corrected chi connectivity index (χ0v) is 13.8. The second kappa shape index (κ2) is 5.70. The fraction of sp³-hybridized carbons (Fsp3) is 0.294. The molecule has 1 atom stereocenters. The smallest absolute Gasteiger partial charge is 0.183 e. The molecule has 5 nitrogen and oxygen atoms in total. The van der Waals surface area contributed by atoms with Crippen LogP contribution in [-0.2, 0) is 0 Å². The number of thiazole rings is 1. The summed E-state index contributed by atoms with van der Waals surface area (Å²) in [5.41, 5.74) is 3.96. The maximum atomic E-state index is 5.71. The summed E-state index contributed by atoms with van der Waals surface area (Å²) < 4.78 is 10.9. The summed E-state index contributed by atoms with van der Waals surface area (Å²) >= 11 is 1.60. The Morgan fingerprint density at radius 1 is 1.26 bits per heavy atom. The van der Waals surface area contributed by atoms with Gasteiger partial charge < -0.3 is 14.6 Å². The van der Waals surface area contributed by atoms with Gasteiger partial charge in [-0.25, -0.2) is 4.98 Å². The fourth-order valence-corrected chi connectivity index (χ4v) is 3.70. The summed E-state index contributed by atoms with van der Waals surface area (Å²) in [4.78, 5) is 4.71. The van der Waals surface area contributed by atoms with Crippen molar-refractivity contribution in [3.63, 3.8) is 0 Å². The van der Waals surface area contributed by atoms with Gasteiger partial charge in [0.2, 0.25) is 0 Å². The van der Waals surface area contributed by atoms with Crippen LogP contribution in [0.15, 0.2) is 34.2 Å². The van der Waals surface area contributed by atoms with Gasteiger partial charge >= 0.3 is 0 Å². The Bertz CT molecular complexity index is 820. The first-order valence-corrected chi connectivity index (χ1v) is 8.47. The number of nitrogens with one attached hydrogen (secondary N) is 1. The van der Waals surface area contributed by atoms with Crippen molar-refractivity contribution in [3.8, 4) is 17.0 Å². The minimum atomic E-state index is 0.226. The largest absolute Gasteiger partial charge is 0.493 e. The van der Waals surface area contributed by atoms with Gasteiger partial charge in [0, 0.05) is 17.4 Å². The number of rotatable bonds is 3. The van der Waals surface area contributed by atoms with Crippen LogP contribution in [-0.4, -0.2) is 16.7 Å². The molecule has 1 N–H and O–H groups in total. The Balaban J connectivity index is 1.60. The van der Waals surface area contributed by atoms with Crippen molar-refractivity contribution >= 4 is 16.5 Å². The minimum Gasteiger partial charge on any atom is -0.493 e. The van der Waals surface area contributed by atoms with Crippen molar-refractivity contribution in [2.45, 2.75) is 26.3 Å². The van der Waals surface area contributed by atoms with E-state index in [9.17, 15) is 0 Å². The topological polar surface area (TPSA) is 60.2 Å². The van der Waals surface area contributed by atoms with Gasteiger partial charge in [-0.05, 0) is 19.9 Å². The first-order chi connectivity index (χ1) is 11.2. The maximum absolute atomic E-state index is 5.71. The Kier molecular flexibility index (Phi) is 3.53.